The van der Waals surface area contributed by atoms with Gasteiger partial charge in [0.05, 0.1) is 11.3 Å². The van der Waals surface area contributed by atoms with Gasteiger partial charge in [0.15, 0.2) is 12.0 Å². The number of piperidine rings is 1. The lowest BCUT2D eigenvalue weighted by atomic mass is 10.1. The lowest BCUT2D eigenvalue weighted by Crippen LogP contribution is -2.38. The Bertz CT molecular complexity index is 725. The second kappa shape index (κ2) is 7.01. The van der Waals surface area contributed by atoms with Crippen LogP contribution in [0, 0.1) is 0 Å². The zero-order chi connectivity index (χ0) is 17.1. The molecule has 126 valence electrons. The first-order chi connectivity index (χ1) is 11.6. The normalized spacial score (nSPS) is 15.3. The summed E-state index contributed by atoms with van der Waals surface area (Å²) in [6, 6.07) is 10.3. The molecule has 5 nitrogen and oxygen atoms in total. The highest BCUT2D eigenvalue weighted by molar-refractivity contribution is 6.30. The molecule has 2 aromatic carbocycles. The summed E-state index contributed by atoms with van der Waals surface area (Å²) in [6.07, 6.45) is 2.13. The van der Waals surface area contributed by atoms with Gasteiger partial charge >= 0.3 is 0 Å². The zero-order valence-corrected chi connectivity index (χ0v) is 13.7. The van der Waals surface area contributed by atoms with Crippen LogP contribution in [-0.2, 0) is 0 Å². The van der Waals surface area contributed by atoms with E-state index in [0.29, 0.717) is 30.1 Å². The topological polar surface area (TPSA) is 70.0 Å². The summed E-state index contributed by atoms with van der Waals surface area (Å²) in [5, 5.41) is 20.4. The summed E-state index contributed by atoms with van der Waals surface area (Å²) in [5.41, 5.74) is 0.479. The van der Waals surface area contributed by atoms with Crippen molar-refractivity contribution < 1.29 is 19.7 Å². The van der Waals surface area contributed by atoms with Crippen molar-refractivity contribution in [3.05, 3.63) is 47.0 Å². The molecule has 0 spiro atoms. The van der Waals surface area contributed by atoms with E-state index < -0.39 is 0 Å². The first-order valence-corrected chi connectivity index (χ1v) is 8.13. The molecule has 1 aliphatic heterocycles. The number of carbonyl (C=O) groups excluding carboxylic acids is 1. The van der Waals surface area contributed by atoms with E-state index in [-0.39, 0.29) is 23.2 Å². The van der Waals surface area contributed by atoms with Gasteiger partial charge in [-0.1, -0.05) is 11.6 Å². The average Bonchev–Trinajstić information content (AvgIpc) is 2.58. The Kier molecular flexibility index (Phi) is 4.81. The summed E-state index contributed by atoms with van der Waals surface area (Å²) in [7, 11) is 0. The second-order valence-corrected chi connectivity index (χ2v) is 6.18. The molecular weight excluding hydrogens is 330 g/mol. The number of hydrogen-bond acceptors (Lipinski definition) is 5. The van der Waals surface area contributed by atoms with E-state index in [1.165, 1.54) is 6.07 Å². The van der Waals surface area contributed by atoms with Crippen molar-refractivity contribution >= 4 is 23.6 Å². The van der Waals surface area contributed by atoms with Crippen LogP contribution < -0.4 is 9.64 Å². The summed E-state index contributed by atoms with van der Waals surface area (Å²) in [6.45, 7) is 1.38. The molecule has 0 saturated carbocycles. The van der Waals surface area contributed by atoms with Crippen molar-refractivity contribution in [2.24, 2.45) is 0 Å². The molecule has 3 rings (SSSR count). The number of nitrogens with zero attached hydrogens (tertiary/aromatic N) is 1. The highest BCUT2D eigenvalue weighted by Crippen LogP contribution is 2.36. The molecule has 6 heteroatoms. The predicted molar refractivity (Wildman–Crippen MR) is 92.5 cm³/mol. The van der Waals surface area contributed by atoms with E-state index in [4.69, 9.17) is 16.3 Å². The van der Waals surface area contributed by atoms with Gasteiger partial charge in [0, 0.05) is 31.0 Å². The summed E-state index contributed by atoms with van der Waals surface area (Å²) < 4.78 is 5.94. The van der Waals surface area contributed by atoms with Crippen LogP contribution in [0.1, 0.15) is 23.2 Å². The van der Waals surface area contributed by atoms with E-state index in [0.717, 1.165) is 18.6 Å². The van der Waals surface area contributed by atoms with Crippen LogP contribution in [0.25, 0.3) is 0 Å². The van der Waals surface area contributed by atoms with Gasteiger partial charge in [0.25, 0.3) is 0 Å². The summed E-state index contributed by atoms with van der Waals surface area (Å²) in [4.78, 5) is 13.0. The number of anilines is 1. The SMILES string of the molecule is O=Cc1c(O)ccc(N2CCC(Oc3ccc(Cl)cc3)CC2)c1O. The molecule has 0 radical (unpaired) electrons. The Balaban J connectivity index is 1.65. The molecule has 0 aliphatic carbocycles. The zero-order valence-electron chi connectivity index (χ0n) is 13.0. The molecule has 1 saturated heterocycles. The quantitative estimate of drug-likeness (QED) is 0.827. The maximum atomic E-state index is 11.0. The van der Waals surface area contributed by atoms with Crippen molar-refractivity contribution in [2.45, 2.75) is 18.9 Å². The minimum atomic E-state index is -0.216. The molecule has 2 aromatic rings. The van der Waals surface area contributed by atoms with Crippen LogP contribution in [-0.4, -0.2) is 35.7 Å². The Labute approximate surface area is 145 Å². The Hall–Kier alpha value is -2.40. The van der Waals surface area contributed by atoms with Crippen molar-refractivity contribution in [2.75, 3.05) is 18.0 Å². The number of aldehydes is 1. The van der Waals surface area contributed by atoms with Crippen LogP contribution >= 0.6 is 11.6 Å². The number of ether oxygens (including phenoxy) is 1. The number of carbonyl (C=O) groups is 1. The molecule has 0 unspecified atom stereocenters. The maximum Gasteiger partial charge on any atom is 0.157 e. The summed E-state index contributed by atoms with van der Waals surface area (Å²) >= 11 is 5.86. The van der Waals surface area contributed by atoms with Crippen LogP contribution in [0.3, 0.4) is 0 Å². The number of benzene rings is 2. The van der Waals surface area contributed by atoms with Gasteiger partial charge in [-0.2, -0.15) is 0 Å². The molecule has 1 fully saturated rings. The van der Waals surface area contributed by atoms with Gasteiger partial charge in [-0.25, -0.2) is 0 Å². The van der Waals surface area contributed by atoms with Crippen molar-refractivity contribution in [1.29, 1.82) is 0 Å². The lowest BCUT2D eigenvalue weighted by Gasteiger charge is -2.34. The summed E-state index contributed by atoms with van der Waals surface area (Å²) in [5.74, 6) is 0.392. The molecule has 0 amide bonds. The number of hydrogen-bond donors (Lipinski definition) is 2. The number of halogens is 1. The average molecular weight is 348 g/mol. The maximum absolute atomic E-state index is 11.0. The molecule has 1 aliphatic rings. The fourth-order valence-electron chi connectivity index (χ4n) is 2.88. The number of aromatic hydroxyl groups is 2. The standard InChI is InChI=1S/C18H18ClNO4/c19-12-1-3-13(4-2-12)24-14-7-9-20(10-8-14)16-5-6-17(22)15(11-21)18(16)23/h1-6,11,14,22-23H,7-10H2. The molecule has 0 atom stereocenters. The number of rotatable bonds is 4. The van der Waals surface area contributed by atoms with Crippen molar-refractivity contribution in [3.63, 3.8) is 0 Å². The minimum absolute atomic E-state index is 0.0768. The number of phenols is 2. The van der Waals surface area contributed by atoms with Gasteiger partial charge < -0.3 is 19.8 Å². The lowest BCUT2D eigenvalue weighted by molar-refractivity contribution is 0.111. The molecule has 0 aromatic heterocycles. The molecule has 2 N–H and O–H groups in total. The minimum Gasteiger partial charge on any atom is -0.507 e. The van der Waals surface area contributed by atoms with Crippen molar-refractivity contribution in [1.82, 2.24) is 0 Å². The van der Waals surface area contributed by atoms with E-state index in [9.17, 15) is 15.0 Å². The third-order valence-corrected chi connectivity index (χ3v) is 4.44. The highest BCUT2D eigenvalue weighted by atomic mass is 35.5. The van der Waals surface area contributed by atoms with E-state index in [1.54, 1.807) is 18.2 Å². The van der Waals surface area contributed by atoms with Crippen LogP contribution in [0.5, 0.6) is 17.2 Å². The van der Waals surface area contributed by atoms with E-state index in [2.05, 4.69) is 0 Å². The first-order valence-electron chi connectivity index (χ1n) is 7.76. The smallest absolute Gasteiger partial charge is 0.157 e. The number of phenolic OH excluding ortho intramolecular Hbond substituents is 2. The van der Waals surface area contributed by atoms with Gasteiger partial charge in [0.1, 0.15) is 17.6 Å². The first kappa shape index (κ1) is 16.5. The third kappa shape index (κ3) is 3.41. The van der Waals surface area contributed by atoms with Crippen LogP contribution in [0.4, 0.5) is 5.69 Å². The van der Waals surface area contributed by atoms with E-state index in [1.807, 2.05) is 17.0 Å². The van der Waals surface area contributed by atoms with Crippen molar-refractivity contribution in [3.8, 4) is 17.2 Å². The Morgan fingerprint density at radius 3 is 2.38 bits per heavy atom. The van der Waals surface area contributed by atoms with Gasteiger partial charge in [-0.05, 0) is 36.4 Å². The van der Waals surface area contributed by atoms with Gasteiger partial charge in [-0.3, -0.25) is 4.79 Å². The molecular formula is C18H18ClNO4. The molecule has 0 bridgehead atoms. The fourth-order valence-corrected chi connectivity index (χ4v) is 3.00. The highest BCUT2D eigenvalue weighted by Gasteiger charge is 2.24. The second-order valence-electron chi connectivity index (χ2n) is 5.74. The van der Waals surface area contributed by atoms with Crippen LogP contribution in [0.15, 0.2) is 36.4 Å². The van der Waals surface area contributed by atoms with Gasteiger partial charge in [-0.15, -0.1) is 0 Å². The predicted octanol–water partition coefficient (Wildman–Crippen LogP) is 3.61. The van der Waals surface area contributed by atoms with Crippen LogP contribution in [0.2, 0.25) is 5.02 Å². The Morgan fingerprint density at radius 2 is 1.75 bits per heavy atom. The van der Waals surface area contributed by atoms with E-state index >= 15 is 0 Å². The largest absolute Gasteiger partial charge is 0.507 e. The Morgan fingerprint density at radius 1 is 1.08 bits per heavy atom. The third-order valence-electron chi connectivity index (χ3n) is 4.19. The fraction of sp³-hybridized carbons (Fsp3) is 0.278. The van der Waals surface area contributed by atoms with Gasteiger partial charge in [0.2, 0.25) is 0 Å². The molecule has 24 heavy (non-hydrogen) atoms. The molecule has 1 heterocycles. The monoisotopic (exact) mass is 347 g/mol.